The lowest BCUT2D eigenvalue weighted by Gasteiger charge is -2.18. The Morgan fingerprint density at radius 1 is 0.296 bits per heavy atom. The third kappa shape index (κ3) is 57.4. The molecule has 0 spiro atoms. The first kappa shape index (κ1) is 67.6. The van der Waals surface area contributed by atoms with E-state index in [-0.39, 0.29) is 31.1 Å². The molecule has 0 rings (SSSR count). The Kier molecular flexibility index (Phi) is 56.3. The van der Waals surface area contributed by atoms with Crippen LogP contribution in [0.3, 0.4) is 0 Å². The Morgan fingerprint density at radius 2 is 0.549 bits per heavy atom. The van der Waals surface area contributed by atoms with Crippen LogP contribution in [0.1, 0.15) is 290 Å². The van der Waals surface area contributed by atoms with Gasteiger partial charge in [0, 0.05) is 19.3 Å². The van der Waals surface area contributed by atoms with Crippen molar-refractivity contribution in [3.63, 3.8) is 0 Å². The zero-order valence-corrected chi connectivity index (χ0v) is 46.7. The molecule has 0 N–H and O–H groups in total. The molecule has 1 unspecified atom stereocenters. The fraction of sp³-hybridized carbons (Fsp3) is 0.738. The summed E-state index contributed by atoms with van der Waals surface area (Å²) in [6.45, 7) is 6.51. The molecule has 0 aromatic carbocycles. The molecule has 6 heteroatoms. The van der Waals surface area contributed by atoms with Gasteiger partial charge in [0.25, 0.3) is 0 Å². The van der Waals surface area contributed by atoms with Crippen molar-refractivity contribution in [3.8, 4) is 0 Å². The number of allylic oxidation sites excluding steroid dienone is 14. The van der Waals surface area contributed by atoms with Crippen molar-refractivity contribution in [1.29, 1.82) is 0 Å². The summed E-state index contributed by atoms with van der Waals surface area (Å²) in [5.74, 6) is -0.893. The summed E-state index contributed by atoms with van der Waals surface area (Å²) in [5, 5.41) is 0. The van der Waals surface area contributed by atoms with Gasteiger partial charge in [0.1, 0.15) is 13.2 Å². The van der Waals surface area contributed by atoms with Crippen LogP contribution in [0.4, 0.5) is 0 Å². The molecule has 0 radical (unpaired) electrons. The molecule has 408 valence electrons. The second-order valence-corrected chi connectivity index (χ2v) is 19.9. The Morgan fingerprint density at radius 3 is 0.873 bits per heavy atom. The summed E-state index contributed by atoms with van der Waals surface area (Å²) in [6, 6.07) is 0. The number of hydrogen-bond acceptors (Lipinski definition) is 6. The van der Waals surface area contributed by atoms with Gasteiger partial charge in [-0.2, -0.15) is 0 Å². The van der Waals surface area contributed by atoms with Crippen LogP contribution in [-0.4, -0.2) is 37.2 Å². The van der Waals surface area contributed by atoms with Gasteiger partial charge in [-0.1, -0.05) is 260 Å². The van der Waals surface area contributed by atoms with E-state index in [1.807, 2.05) is 0 Å². The molecule has 0 aliphatic rings. The first-order valence-corrected chi connectivity index (χ1v) is 30.1. The Hall–Kier alpha value is -3.41. The van der Waals surface area contributed by atoms with E-state index in [0.29, 0.717) is 19.3 Å². The van der Waals surface area contributed by atoms with Crippen LogP contribution in [0.25, 0.3) is 0 Å². The molecule has 1 atom stereocenters. The van der Waals surface area contributed by atoms with Gasteiger partial charge >= 0.3 is 17.9 Å². The second kappa shape index (κ2) is 59.2. The Balaban J connectivity index is 4.32. The minimum absolute atomic E-state index is 0.0816. The van der Waals surface area contributed by atoms with Gasteiger partial charge in [-0.05, 0) is 96.3 Å². The number of carbonyl (C=O) groups is 3. The van der Waals surface area contributed by atoms with Gasteiger partial charge in [0.05, 0.1) is 0 Å². The second-order valence-electron chi connectivity index (χ2n) is 19.9. The molecular formula is C65H112O6. The fourth-order valence-electron chi connectivity index (χ4n) is 8.38. The van der Waals surface area contributed by atoms with Crippen molar-refractivity contribution >= 4 is 17.9 Å². The molecule has 0 aliphatic heterocycles. The van der Waals surface area contributed by atoms with Gasteiger partial charge < -0.3 is 14.2 Å². The van der Waals surface area contributed by atoms with Crippen molar-refractivity contribution in [2.45, 2.75) is 297 Å². The molecule has 0 saturated carbocycles. The number of unbranched alkanes of at least 4 members (excludes halogenated alkanes) is 29. The summed E-state index contributed by atoms with van der Waals surface area (Å²) >= 11 is 0. The minimum atomic E-state index is -0.785. The quantitative estimate of drug-likeness (QED) is 0.0261. The predicted molar refractivity (Wildman–Crippen MR) is 307 cm³/mol. The Bertz CT molecular complexity index is 1370. The molecule has 0 aromatic heterocycles. The highest BCUT2D eigenvalue weighted by molar-refractivity contribution is 5.71. The molecular weight excluding hydrogens is 877 g/mol. The van der Waals surface area contributed by atoms with E-state index >= 15 is 0 Å². The van der Waals surface area contributed by atoms with Gasteiger partial charge in [-0.25, -0.2) is 0 Å². The third-order valence-electron chi connectivity index (χ3n) is 12.9. The van der Waals surface area contributed by atoms with Crippen LogP contribution >= 0.6 is 0 Å². The number of esters is 3. The van der Waals surface area contributed by atoms with E-state index in [1.165, 1.54) is 128 Å². The molecule has 0 aromatic rings. The van der Waals surface area contributed by atoms with E-state index in [2.05, 4.69) is 106 Å². The van der Waals surface area contributed by atoms with Gasteiger partial charge in [0.2, 0.25) is 0 Å². The molecule has 0 amide bonds. The molecule has 0 aliphatic carbocycles. The average molecular weight is 990 g/mol. The van der Waals surface area contributed by atoms with E-state index in [0.717, 1.165) is 122 Å². The Labute approximate surface area is 439 Å². The minimum Gasteiger partial charge on any atom is -0.462 e. The van der Waals surface area contributed by atoms with Gasteiger partial charge in [-0.3, -0.25) is 14.4 Å². The highest BCUT2D eigenvalue weighted by Gasteiger charge is 2.19. The van der Waals surface area contributed by atoms with E-state index in [1.54, 1.807) is 0 Å². The monoisotopic (exact) mass is 989 g/mol. The standard InChI is InChI=1S/C65H112O6/c1-4-7-10-13-16-19-22-25-27-29-30-31-32-33-34-35-36-37-39-40-43-46-49-52-55-58-64(67)70-61-62(60-69-63(66)57-54-51-48-45-42-24-21-18-15-12-9-6-3)71-65(68)59-56-53-50-47-44-41-38-28-26-23-20-17-14-11-8-5-2/h7,10,16,19-20,23,25,27-28,30-31,33-34,38,62H,4-6,8-9,11-15,17-18,21-22,24,26,29,32,35-37,39-61H2,1-3H3/b10-7-,19-16-,23-20-,27-25-,31-30-,34-33-,38-28-. The third-order valence-corrected chi connectivity index (χ3v) is 12.9. The van der Waals surface area contributed by atoms with Crippen LogP contribution in [0.15, 0.2) is 85.1 Å². The van der Waals surface area contributed by atoms with Crippen molar-refractivity contribution in [2.75, 3.05) is 13.2 Å². The number of ether oxygens (including phenoxy) is 3. The molecule has 0 saturated heterocycles. The largest absolute Gasteiger partial charge is 0.462 e. The summed E-state index contributed by atoms with van der Waals surface area (Å²) in [5.41, 5.74) is 0. The van der Waals surface area contributed by atoms with E-state index < -0.39 is 6.10 Å². The normalized spacial score (nSPS) is 12.7. The molecule has 71 heavy (non-hydrogen) atoms. The maximum atomic E-state index is 12.9. The van der Waals surface area contributed by atoms with Crippen LogP contribution in [-0.2, 0) is 28.6 Å². The van der Waals surface area contributed by atoms with Gasteiger partial charge in [0.15, 0.2) is 6.10 Å². The molecule has 0 bridgehead atoms. The lowest BCUT2D eigenvalue weighted by Crippen LogP contribution is -2.30. The molecule has 0 heterocycles. The predicted octanol–water partition coefficient (Wildman–Crippen LogP) is 20.3. The van der Waals surface area contributed by atoms with Crippen molar-refractivity contribution < 1.29 is 28.6 Å². The smallest absolute Gasteiger partial charge is 0.306 e. The highest BCUT2D eigenvalue weighted by Crippen LogP contribution is 2.16. The first-order chi connectivity index (χ1) is 35.0. The topological polar surface area (TPSA) is 78.9 Å². The van der Waals surface area contributed by atoms with Crippen molar-refractivity contribution in [2.24, 2.45) is 0 Å². The summed E-state index contributed by atoms with van der Waals surface area (Å²) < 4.78 is 16.9. The van der Waals surface area contributed by atoms with E-state index in [9.17, 15) is 14.4 Å². The average Bonchev–Trinajstić information content (AvgIpc) is 3.37. The van der Waals surface area contributed by atoms with Crippen molar-refractivity contribution in [1.82, 2.24) is 0 Å². The van der Waals surface area contributed by atoms with Crippen LogP contribution in [0.5, 0.6) is 0 Å². The first-order valence-electron chi connectivity index (χ1n) is 30.1. The lowest BCUT2D eigenvalue weighted by atomic mass is 10.0. The summed E-state index contributed by atoms with van der Waals surface area (Å²) in [7, 11) is 0. The maximum absolute atomic E-state index is 12.9. The summed E-state index contributed by atoms with van der Waals surface area (Å²) in [6.07, 6.45) is 77.2. The fourth-order valence-corrected chi connectivity index (χ4v) is 8.38. The summed E-state index contributed by atoms with van der Waals surface area (Å²) in [4.78, 5) is 38.2. The van der Waals surface area contributed by atoms with Crippen LogP contribution in [0, 0.1) is 0 Å². The maximum Gasteiger partial charge on any atom is 0.306 e. The van der Waals surface area contributed by atoms with E-state index in [4.69, 9.17) is 14.2 Å². The van der Waals surface area contributed by atoms with Crippen LogP contribution < -0.4 is 0 Å². The van der Waals surface area contributed by atoms with Crippen LogP contribution in [0.2, 0.25) is 0 Å². The lowest BCUT2D eigenvalue weighted by molar-refractivity contribution is -0.167. The van der Waals surface area contributed by atoms with Crippen molar-refractivity contribution in [3.05, 3.63) is 85.1 Å². The molecule has 0 fully saturated rings. The zero-order chi connectivity index (χ0) is 51.4. The number of rotatable bonds is 54. The number of hydrogen-bond donors (Lipinski definition) is 0. The number of carbonyl (C=O) groups excluding carboxylic acids is 3. The molecule has 6 nitrogen and oxygen atoms in total. The SMILES string of the molecule is CC/C=C\C/C=C\C/C=C\C/C=C\C/C=C\CCCCCCCCCCCC(=O)OCC(COC(=O)CCCCCCCCCCCCCC)OC(=O)CCCCCCC/C=C\C/C=C\CCCCCC. The zero-order valence-electron chi connectivity index (χ0n) is 46.7. The van der Waals surface area contributed by atoms with Gasteiger partial charge in [-0.15, -0.1) is 0 Å². The highest BCUT2D eigenvalue weighted by atomic mass is 16.6.